The molecule has 0 aliphatic heterocycles. The smallest absolute Gasteiger partial charge is 0.186 e. The van der Waals surface area contributed by atoms with Crippen molar-refractivity contribution >= 4 is 45.6 Å². The zero-order valence-electron chi connectivity index (χ0n) is 16.0. The first-order chi connectivity index (χ1) is 14.4. The lowest BCUT2D eigenvalue weighted by atomic mass is 10.2. The summed E-state index contributed by atoms with van der Waals surface area (Å²) in [4.78, 5) is 5.71. The lowest BCUT2D eigenvalue weighted by Crippen LogP contribution is -2.30. The number of aliphatic hydroxyl groups excluding tert-OH is 1. The van der Waals surface area contributed by atoms with Crippen LogP contribution in [0.5, 0.6) is 5.75 Å². The molecule has 0 radical (unpaired) electrons. The second-order valence-corrected chi connectivity index (χ2v) is 8.15. The Hall–Kier alpha value is -1.94. The van der Waals surface area contributed by atoms with Gasteiger partial charge in [-0.2, -0.15) is 0 Å². The van der Waals surface area contributed by atoms with Gasteiger partial charge in [0.2, 0.25) is 0 Å². The van der Waals surface area contributed by atoms with E-state index in [2.05, 4.69) is 22.6 Å². The molecule has 3 aromatic carbocycles. The van der Waals surface area contributed by atoms with E-state index in [1.54, 1.807) is 18.2 Å². The average molecular weight is 546 g/mol. The number of para-hydroxylation sites is 1. The maximum atomic E-state index is 14.6. The minimum absolute atomic E-state index is 0.0268. The second-order valence-electron chi connectivity index (χ2n) is 6.49. The third kappa shape index (κ3) is 5.60. The fourth-order valence-corrected chi connectivity index (χ4v) is 3.50. The average Bonchev–Trinajstić information content (AvgIpc) is 2.73. The number of anilines is 2. The highest BCUT2D eigenvalue weighted by Gasteiger charge is 2.22. The molecule has 30 heavy (non-hydrogen) atoms. The van der Waals surface area contributed by atoms with Gasteiger partial charge in [0.05, 0.1) is 10.7 Å². The van der Waals surface area contributed by atoms with E-state index in [9.17, 15) is 13.9 Å². The van der Waals surface area contributed by atoms with Gasteiger partial charge in [-0.3, -0.25) is 4.84 Å². The number of hydrogen-bond acceptors (Lipinski definition) is 4. The minimum Gasteiger partial charge on any atom is -0.491 e. The van der Waals surface area contributed by atoms with Crippen LogP contribution in [0.25, 0.3) is 0 Å². The van der Waals surface area contributed by atoms with Gasteiger partial charge in [0.25, 0.3) is 0 Å². The fourth-order valence-electron chi connectivity index (χ4n) is 2.71. The number of nitrogens with zero attached hydrogens (tertiary/aromatic N) is 1. The third-order valence-electron chi connectivity index (χ3n) is 4.19. The normalized spacial score (nSPS) is 11.9. The van der Waals surface area contributed by atoms with Crippen molar-refractivity contribution in [1.82, 2.24) is 0 Å². The lowest BCUT2D eigenvalue weighted by Gasteiger charge is -2.27. The Bertz CT molecular complexity index is 1010. The van der Waals surface area contributed by atoms with Crippen LogP contribution in [0.1, 0.15) is 5.56 Å². The van der Waals surface area contributed by atoms with E-state index in [1.165, 1.54) is 12.1 Å². The van der Waals surface area contributed by atoms with Crippen LogP contribution in [0, 0.1) is 22.1 Å². The maximum absolute atomic E-state index is 14.6. The first kappa shape index (κ1) is 22.7. The van der Waals surface area contributed by atoms with Crippen molar-refractivity contribution in [1.29, 1.82) is 0 Å². The van der Waals surface area contributed by atoms with Crippen LogP contribution in [0.15, 0.2) is 60.7 Å². The molecule has 0 saturated carbocycles. The van der Waals surface area contributed by atoms with Crippen LogP contribution in [-0.4, -0.2) is 24.4 Å². The van der Waals surface area contributed by atoms with Crippen LogP contribution in [-0.2, 0) is 4.84 Å². The van der Waals surface area contributed by atoms with Gasteiger partial charge in [-0.1, -0.05) is 29.8 Å². The number of aliphatic hydroxyl groups is 1. The monoisotopic (exact) mass is 545 g/mol. The van der Waals surface area contributed by atoms with E-state index in [1.807, 2.05) is 37.3 Å². The molecule has 3 rings (SSSR count). The van der Waals surface area contributed by atoms with E-state index in [4.69, 9.17) is 21.2 Å². The van der Waals surface area contributed by atoms with E-state index in [-0.39, 0.29) is 23.9 Å². The Kier molecular flexibility index (Phi) is 7.87. The SMILES string of the molecule is Cc1cc(I)ccc1N(OCC(O)COc1ccccc1)c1ccc(Cl)c(F)c1F. The summed E-state index contributed by atoms with van der Waals surface area (Å²) in [6, 6.07) is 17.0. The molecule has 1 atom stereocenters. The maximum Gasteiger partial charge on any atom is 0.186 e. The first-order valence-corrected chi connectivity index (χ1v) is 10.5. The summed E-state index contributed by atoms with van der Waals surface area (Å²) in [5.74, 6) is -1.71. The topological polar surface area (TPSA) is 41.9 Å². The van der Waals surface area contributed by atoms with Crippen LogP contribution < -0.4 is 9.80 Å². The zero-order valence-corrected chi connectivity index (χ0v) is 18.9. The summed E-state index contributed by atoms with van der Waals surface area (Å²) < 4.78 is 35.2. The van der Waals surface area contributed by atoms with Crippen molar-refractivity contribution in [3.05, 3.63) is 86.5 Å². The Morgan fingerprint density at radius 1 is 1.00 bits per heavy atom. The number of halogens is 4. The summed E-state index contributed by atoms with van der Waals surface area (Å²) >= 11 is 7.84. The second kappa shape index (κ2) is 10.4. The summed E-state index contributed by atoms with van der Waals surface area (Å²) in [6.45, 7) is 1.59. The highest BCUT2D eigenvalue weighted by atomic mass is 127. The largest absolute Gasteiger partial charge is 0.491 e. The number of hydrogen-bond donors (Lipinski definition) is 1. The quantitative estimate of drug-likeness (QED) is 0.213. The molecule has 0 fully saturated rings. The van der Waals surface area contributed by atoms with E-state index >= 15 is 0 Å². The van der Waals surface area contributed by atoms with Gasteiger partial charge in [-0.15, -0.1) is 0 Å². The number of ether oxygens (including phenoxy) is 1. The van der Waals surface area contributed by atoms with E-state index in [0.29, 0.717) is 11.4 Å². The van der Waals surface area contributed by atoms with Crippen molar-refractivity contribution in [2.45, 2.75) is 13.0 Å². The molecule has 0 amide bonds. The van der Waals surface area contributed by atoms with Crippen LogP contribution in [0.4, 0.5) is 20.2 Å². The Balaban J connectivity index is 1.80. The third-order valence-corrected chi connectivity index (χ3v) is 5.16. The molecule has 0 aliphatic rings. The van der Waals surface area contributed by atoms with E-state index in [0.717, 1.165) is 14.2 Å². The molecule has 0 spiro atoms. The van der Waals surface area contributed by atoms with Crippen LogP contribution >= 0.6 is 34.2 Å². The van der Waals surface area contributed by atoms with Crippen LogP contribution in [0.2, 0.25) is 5.02 Å². The fraction of sp³-hybridized carbons (Fsp3) is 0.182. The molecular formula is C22H19ClF2INO3. The Labute approximate surface area is 192 Å². The Morgan fingerprint density at radius 3 is 2.40 bits per heavy atom. The first-order valence-electron chi connectivity index (χ1n) is 9.05. The summed E-state index contributed by atoms with van der Waals surface area (Å²) in [7, 11) is 0. The van der Waals surface area contributed by atoms with Crippen LogP contribution in [0.3, 0.4) is 0 Å². The van der Waals surface area contributed by atoms with E-state index < -0.39 is 17.7 Å². The van der Waals surface area contributed by atoms with Crippen molar-refractivity contribution in [3.63, 3.8) is 0 Å². The molecule has 1 unspecified atom stereocenters. The summed E-state index contributed by atoms with van der Waals surface area (Å²) in [5, 5.41) is 11.1. The van der Waals surface area contributed by atoms with Gasteiger partial charge in [-0.05, 0) is 77.5 Å². The molecule has 3 aromatic rings. The summed E-state index contributed by atoms with van der Waals surface area (Å²) in [6.07, 6.45) is -1.00. The Morgan fingerprint density at radius 2 is 1.70 bits per heavy atom. The molecule has 0 aromatic heterocycles. The summed E-state index contributed by atoms with van der Waals surface area (Å²) in [5.41, 5.74) is 1.14. The standard InChI is InChI=1S/C22H19ClF2INO3/c1-14-11-15(26)7-9-19(14)27(20-10-8-18(23)21(24)22(20)25)30-13-16(28)12-29-17-5-3-2-4-6-17/h2-11,16,28H,12-13H2,1H3. The van der Waals surface area contributed by atoms with Gasteiger partial charge in [0.15, 0.2) is 11.6 Å². The predicted molar refractivity (Wildman–Crippen MR) is 121 cm³/mol. The molecule has 4 nitrogen and oxygen atoms in total. The molecule has 0 bridgehead atoms. The predicted octanol–water partition coefficient (Wildman–Crippen LogP) is 6.04. The van der Waals surface area contributed by atoms with Gasteiger partial charge in [-0.25, -0.2) is 13.8 Å². The molecule has 158 valence electrons. The van der Waals surface area contributed by atoms with Crippen molar-refractivity contribution in [3.8, 4) is 5.75 Å². The van der Waals surface area contributed by atoms with Crippen molar-refractivity contribution in [2.24, 2.45) is 0 Å². The highest BCUT2D eigenvalue weighted by Crippen LogP contribution is 2.34. The van der Waals surface area contributed by atoms with Crippen molar-refractivity contribution in [2.75, 3.05) is 18.3 Å². The zero-order chi connectivity index (χ0) is 21.7. The highest BCUT2D eigenvalue weighted by molar-refractivity contribution is 14.1. The van der Waals surface area contributed by atoms with Gasteiger partial charge < -0.3 is 9.84 Å². The number of benzene rings is 3. The molecule has 1 N–H and O–H groups in total. The number of aryl methyl sites for hydroxylation is 1. The van der Waals surface area contributed by atoms with Gasteiger partial charge >= 0.3 is 0 Å². The molecule has 0 aliphatic carbocycles. The lowest BCUT2D eigenvalue weighted by molar-refractivity contribution is 0.0113. The van der Waals surface area contributed by atoms with Crippen molar-refractivity contribution < 1.29 is 23.5 Å². The minimum atomic E-state index is -1.17. The van der Waals surface area contributed by atoms with Gasteiger partial charge in [0.1, 0.15) is 30.8 Å². The van der Waals surface area contributed by atoms with Gasteiger partial charge in [0, 0.05) is 3.57 Å². The molecule has 0 saturated heterocycles. The molecular weight excluding hydrogens is 527 g/mol. The number of rotatable bonds is 8. The molecule has 0 heterocycles. The molecule has 8 heteroatoms.